The number of benzene rings is 3. The lowest BCUT2D eigenvalue weighted by atomic mass is 10.0. The molecule has 2 aliphatic heterocycles. The van der Waals surface area contributed by atoms with E-state index in [2.05, 4.69) is 16.0 Å². The van der Waals surface area contributed by atoms with Crippen molar-refractivity contribution in [2.45, 2.75) is 44.8 Å². The molecule has 3 heterocycles. The van der Waals surface area contributed by atoms with Gasteiger partial charge in [-0.2, -0.15) is 0 Å². The second-order valence-corrected chi connectivity index (χ2v) is 11.9. The van der Waals surface area contributed by atoms with Crippen LogP contribution in [0, 0.1) is 0 Å². The summed E-state index contributed by atoms with van der Waals surface area (Å²) in [6.45, 7) is 4.01. The normalized spacial score (nSPS) is 16.8. The first-order valence-corrected chi connectivity index (χ1v) is 14.4. The number of amides is 5. The van der Waals surface area contributed by atoms with Gasteiger partial charge in [-0.3, -0.25) is 19.7 Å². The quantitative estimate of drug-likeness (QED) is 0.280. The fraction of sp³-hybridized carbons (Fsp3) is 0.258. The minimum absolute atomic E-state index is 0.190. The number of carbonyl (C=O) groups excluding carboxylic acids is 4. The van der Waals surface area contributed by atoms with Crippen LogP contribution in [0.25, 0.3) is 21.3 Å². The average molecular weight is 584 g/mol. The number of ether oxygens (including phenoxy) is 1. The van der Waals surface area contributed by atoms with Gasteiger partial charge in [0, 0.05) is 29.8 Å². The highest BCUT2D eigenvalue weighted by atomic mass is 32.1. The van der Waals surface area contributed by atoms with Gasteiger partial charge in [0.05, 0.1) is 22.9 Å². The molecule has 0 saturated carbocycles. The van der Waals surface area contributed by atoms with Gasteiger partial charge in [0.2, 0.25) is 11.8 Å². The summed E-state index contributed by atoms with van der Waals surface area (Å²) >= 11 is 1.49. The number of thiazole rings is 1. The number of nitrogens with one attached hydrogen (secondary N) is 3. The van der Waals surface area contributed by atoms with Crippen LogP contribution in [-0.2, 0) is 21.7 Å². The maximum atomic E-state index is 13.1. The van der Waals surface area contributed by atoms with Crippen LogP contribution < -0.4 is 20.7 Å². The molecule has 1 unspecified atom stereocenters. The number of anilines is 1. The van der Waals surface area contributed by atoms with Crippen LogP contribution in [0.1, 0.15) is 47.6 Å². The van der Waals surface area contributed by atoms with Gasteiger partial charge < -0.3 is 20.3 Å². The molecule has 11 heteroatoms. The molecule has 4 aromatic rings. The number of piperidine rings is 1. The Morgan fingerprint density at radius 2 is 1.86 bits per heavy atom. The number of methoxy groups -OCH3 is 1. The Bertz CT molecular complexity index is 1750. The van der Waals surface area contributed by atoms with Crippen LogP contribution in [0.3, 0.4) is 0 Å². The Balaban J connectivity index is 1.19. The van der Waals surface area contributed by atoms with Crippen molar-refractivity contribution in [1.29, 1.82) is 0 Å². The second kappa shape index (κ2) is 10.6. The molecule has 42 heavy (non-hydrogen) atoms. The molecule has 1 fully saturated rings. The van der Waals surface area contributed by atoms with E-state index in [1.165, 1.54) is 16.2 Å². The van der Waals surface area contributed by atoms with Gasteiger partial charge in [-0.25, -0.2) is 9.78 Å². The fourth-order valence-corrected chi connectivity index (χ4v) is 6.46. The Morgan fingerprint density at radius 1 is 1.07 bits per heavy atom. The van der Waals surface area contributed by atoms with Gasteiger partial charge in [0.15, 0.2) is 0 Å². The zero-order valence-corrected chi connectivity index (χ0v) is 24.1. The highest BCUT2D eigenvalue weighted by molar-refractivity contribution is 7.18. The van der Waals surface area contributed by atoms with E-state index in [1.54, 1.807) is 25.3 Å². The molecule has 0 radical (unpaired) electrons. The molecular weight excluding hydrogens is 554 g/mol. The monoisotopic (exact) mass is 583 g/mol. The standard InChI is InChI=1S/C31H29N5O5S/c1-31(2,29-34-26-22(17-7-5-4-6-8-17)14-20(41-3)15-24(26)42-29)35-30(40)32-19-9-10-21-18(13-19)16-36(28(21)39)23-11-12-25(37)33-27(23)38/h4-10,13-15,23H,11-12,16H2,1-3H3,(H2,32,35,40)(H,33,37,38). The lowest BCUT2D eigenvalue weighted by molar-refractivity contribution is -0.136. The van der Waals surface area contributed by atoms with Crippen molar-refractivity contribution in [2.24, 2.45) is 0 Å². The van der Waals surface area contributed by atoms with E-state index in [1.807, 2.05) is 56.3 Å². The Kier molecular flexibility index (Phi) is 6.90. The van der Waals surface area contributed by atoms with Crippen LogP contribution in [0.15, 0.2) is 60.7 Å². The van der Waals surface area contributed by atoms with Gasteiger partial charge in [-0.05, 0) is 61.7 Å². The molecule has 1 saturated heterocycles. The number of rotatable bonds is 6. The predicted molar refractivity (Wildman–Crippen MR) is 159 cm³/mol. The van der Waals surface area contributed by atoms with Crippen molar-refractivity contribution in [3.05, 3.63) is 76.8 Å². The third kappa shape index (κ3) is 5.07. The third-order valence-electron chi connectivity index (χ3n) is 7.53. The van der Waals surface area contributed by atoms with Gasteiger partial charge in [-0.1, -0.05) is 30.3 Å². The minimum Gasteiger partial charge on any atom is -0.497 e. The van der Waals surface area contributed by atoms with Gasteiger partial charge in [-0.15, -0.1) is 11.3 Å². The average Bonchev–Trinajstić information content (AvgIpc) is 3.54. The maximum absolute atomic E-state index is 13.1. The first-order chi connectivity index (χ1) is 20.1. The van der Waals surface area contributed by atoms with Crippen LogP contribution >= 0.6 is 11.3 Å². The Labute approximate surface area is 246 Å². The molecule has 3 N–H and O–H groups in total. The zero-order valence-electron chi connectivity index (χ0n) is 23.3. The van der Waals surface area contributed by atoms with Crippen molar-refractivity contribution in [3.63, 3.8) is 0 Å². The number of hydrogen-bond donors (Lipinski definition) is 3. The molecule has 6 rings (SSSR count). The molecule has 2 aliphatic rings. The SMILES string of the molecule is COc1cc(-c2ccccc2)c2nc(C(C)(C)NC(=O)Nc3ccc4c(c3)CN(C3CCC(=O)NC3=O)C4=O)sc2c1. The molecule has 0 spiro atoms. The van der Waals surface area contributed by atoms with Crippen LogP contribution in [0.5, 0.6) is 5.75 Å². The first kappa shape index (κ1) is 27.4. The van der Waals surface area contributed by atoms with Crippen molar-refractivity contribution >= 4 is 51.0 Å². The summed E-state index contributed by atoms with van der Waals surface area (Å²) in [7, 11) is 1.63. The topological polar surface area (TPSA) is 130 Å². The lowest BCUT2D eigenvalue weighted by Gasteiger charge is -2.29. The number of aromatic nitrogens is 1. The number of nitrogens with zero attached hydrogens (tertiary/aromatic N) is 2. The molecule has 1 atom stereocenters. The summed E-state index contributed by atoms with van der Waals surface area (Å²) in [6.07, 6.45) is 0.480. The number of fused-ring (bicyclic) bond motifs is 2. The summed E-state index contributed by atoms with van der Waals surface area (Å²) in [5.74, 6) is -0.329. The number of imide groups is 1. The first-order valence-electron chi connectivity index (χ1n) is 13.5. The van der Waals surface area contributed by atoms with Crippen molar-refractivity contribution in [3.8, 4) is 16.9 Å². The highest BCUT2D eigenvalue weighted by Crippen LogP contribution is 2.38. The van der Waals surface area contributed by atoms with Crippen molar-refractivity contribution in [2.75, 3.05) is 12.4 Å². The van der Waals surface area contributed by atoms with E-state index < -0.39 is 23.5 Å². The van der Waals surface area contributed by atoms with Crippen molar-refractivity contribution in [1.82, 2.24) is 20.5 Å². The fourth-order valence-electron chi connectivity index (χ4n) is 5.38. The smallest absolute Gasteiger partial charge is 0.319 e. The number of hydrogen-bond acceptors (Lipinski definition) is 7. The van der Waals surface area contributed by atoms with E-state index in [4.69, 9.17) is 9.72 Å². The number of carbonyl (C=O) groups is 4. The molecule has 1 aromatic heterocycles. The minimum atomic E-state index is -0.801. The number of urea groups is 1. The zero-order chi connectivity index (χ0) is 29.6. The van der Waals surface area contributed by atoms with Gasteiger partial charge in [0.25, 0.3) is 5.91 Å². The van der Waals surface area contributed by atoms with Crippen LogP contribution in [0.4, 0.5) is 10.5 Å². The summed E-state index contributed by atoms with van der Waals surface area (Å²) in [5, 5.41) is 8.92. The Hall–Kier alpha value is -4.77. The molecule has 10 nitrogen and oxygen atoms in total. The maximum Gasteiger partial charge on any atom is 0.319 e. The van der Waals surface area contributed by atoms with Gasteiger partial charge >= 0.3 is 6.03 Å². The van der Waals surface area contributed by atoms with E-state index >= 15 is 0 Å². The van der Waals surface area contributed by atoms with E-state index in [0.717, 1.165) is 32.1 Å². The van der Waals surface area contributed by atoms with E-state index in [-0.39, 0.29) is 24.8 Å². The highest BCUT2D eigenvalue weighted by Gasteiger charge is 2.39. The second-order valence-electron chi connectivity index (χ2n) is 10.9. The summed E-state index contributed by atoms with van der Waals surface area (Å²) in [4.78, 5) is 56.4. The van der Waals surface area contributed by atoms with Crippen molar-refractivity contribution < 1.29 is 23.9 Å². The van der Waals surface area contributed by atoms with E-state index in [0.29, 0.717) is 23.2 Å². The molecular formula is C31H29N5O5S. The summed E-state index contributed by atoms with van der Waals surface area (Å²) < 4.78 is 6.49. The van der Waals surface area contributed by atoms with Crippen LogP contribution in [0.2, 0.25) is 0 Å². The van der Waals surface area contributed by atoms with E-state index in [9.17, 15) is 19.2 Å². The molecule has 3 aromatic carbocycles. The molecule has 5 amide bonds. The van der Waals surface area contributed by atoms with Gasteiger partial charge in [0.1, 0.15) is 16.8 Å². The molecule has 214 valence electrons. The van der Waals surface area contributed by atoms with Crippen LogP contribution in [-0.4, -0.2) is 46.8 Å². The molecule has 0 bridgehead atoms. The molecule has 0 aliphatic carbocycles. The largest absolute Gasteiger partial charge is 0.497 e. The Morgan fingerprint density at radius 3 is 2.60 bits per heavy atom. The summed E-state index contributed by atoms with van der Waals surface area (Å²) in [5.41, 5.74) is 3.70. The third-order valence-corrected chi connectivity index (χ3v) is 8.86. The lowest BCUT2D eigenvalue weighted by Crippen LogP contribution is -2.52. The summed E-state index contributed by atoms with van der Waals surface area (Å²) in [6, 6.07) is 17.8. The predicted octanol–water partition coefficient (Wildman–Crippen LogP) is 4.79.